The molecule has 2 atom stereocenters. The van der Waals surface area contributed by atoms with Crippen LogP contribution in [-0.2, 0) is 4.79 Å². The molecule has 7 heteroatoms. The maximum Gasteiger partial charge on any atom is 0.162 e. The van der Waals surface area contributed by atoms with Gasteiger partial charge >= 0.3 is 0 Å². The molecule has 1 aliphatic heterocycles. The zero-order valence-electron chi connectivity index (χ0n) is 19.0. The number of allylic oxidation sites excluding steroid dienone is 3. The van der Waals surface area contributed by atoms with Crippen molar-refractivity contribution < 1.29 is 4.79 Å². The van der Waals surface area contributed by atoms with Gasteiger partial charge in [0.2, 0.25) is 0 Å². The van der Waals surface area contributed by atoms with Crippen LogP contribution in [0.4, 0.5) is 5.69 Å². The number of rotatable bonds is 4. The van der Waals surface area contributed by atoms with Crippen LogP contribution in [0.25, 0.3) is 0 Å². The zero-order valence-corrected chi connectivity index (χ0v) is 20.6. The molecule has 2 N–H and O–H groups in total. The highest BCUT2D eigenvalue weighted by Gasteiger charge is 2.43. The average molecular weight is 485 g/mol. The summed E-state index contributed by atoms with van der Waals surface area (Å²) in [5.74, 6) is 0.0410. The predicted octanol–water partition coefficient (Wildman–Crippen LogP) is 5.87. The molecule has 5 nitrogen and oxygen atoms in total. The number of pyridine rings is 1. The summed E-state index contributed by atoms with van der Waals surface area (Å²) in [6.07, 6.45) is 6.53. The van der Waals surface area contributed by atoms with E-state index in [-0.39, 0.29) is 11.7 Å². The highest BCUT2D eigenvalue weighted by molar-refractivity contribution is 8.00. The lowest BCUT2D eigenvalue weighted by atomic mass is 9.72. The van der Waals surface area contributed by atoms with Crippen molar-refractivity contribution in [3.8, 4) is 6.07 Å². The molecule has 0 saturated carbocycles. The van der Waals surface area contributed by atoms with Gasteiger partial charge in [-0.15, -0.1) is 23.1 Å². The zero-order chi connectivity index (χ0) is 23.8. The summed E-state index contributed by atoms with van der Waals surface area (Å²) in [5, 5.41) is 10.3. The molecule has 0 spiro atoms. The van der Waals surface area contributed by atoms with Crippen LogP contribution in [0, 0.1) is 18.3 Å². The number of carbonyl (C=O) groups excluding carboxylic acids is 1. The van der Waals surface area contributed by atoms with E-state index in [1.807, 2.05) is 41.5 Å². The highest BCUT2D eigenvalue weighted by Crippen LogP contribution is 2.51. The number of benzene rings is 1. The van der Waals surface area contributed by atoms with Gasteiger partial charge < -0.3 is 5.73 Å². The molecule has 0 unspecified atom stereocenters. The molecule has 3 aromatic rings. The molecule has 0 saturated heterocycles. The quantitative estimate of drug-likeness (QED) is 0.466. The van der Waals surface area contributed by atoms with E-state index in [2.05, 4.69) is 36.2 Å². The Kier molecular flexibility index (Phi) is 6.03. The minimum absolute atomic E-state index is 0.0490. The predicted molar refractivity (Wildman–Crippen MR) is 138 cm³/mol. The number of nitriles is 1. The Balaban J connectivity index is 1.74. The molecule has 1 aromatic carbocycles. The molecule has 170 valence electrons. The van der Waals surface area contributed by atoms with Crippen molar-refractivity contribution in [1.82, 2.24) is 4.98 Å². The number of thioether (sulfide) groups is 1. The lowest BCUT2D eigenvalue weighted by Crippen LogP contribution is -2.40. The smallest absolute Gasteiger partial charge is 0.162 e. The van der Waals surface area contributed by atoms with Crippen LogP contribution in [0.15, 0.2) is 87.8 Å². The first-order chi connectivity index (χ1) is 16.5. The van der Waals surface area contributed by atoms with Gasteiger partial charge in [0, 0.05) is 28.8 Å². The van der Waals surface area contributed by atoms with E-state index in [9.17, 15) is 10.1 Å². The monoisotopic (exact) mass is 484 g/mol. The van der Waals surface area contributed by atoms with E-state index in [0.717, 1.165) is 31.6 Å². The molecule has 0 radical (unpaired) electrons. The average Bonchev–Trinajstić information content (AvgIpc) is 3.24. The second-order valence-corrected chi connectivity index (χ2v) is 10.8. The molecule has 1 aliphatic carbocycles. The van der Waals surface area contributed by atoms with Gasteiger partial charge in [0.05, 0.1) is 33.7 Å². The largest absolute Gasteiger partial charge is 0.384 e. The number of Topliss-reactive ketones (excluding diaryl/α,β-unsaturated/α-hetero) is 1. The van der Waals surface area contributed by atoms with Crippen LogP contribution < -0.4 is 10.6 Å². The van der Waals surface area contributed by atoms with Crippen LogP contribution >= 0.6 is 23.1 Å². The first-order valence-corrected chi connectivity index (χ1v) is 13.1. The van der Waals surface area contributed by atoms with Crippen molar-refractivity contribution in [3.05, 3.63) is 99.6 Å². The molecule has 0 amide bonds. The minimum Gasteiger partial charge on any atom is -0.384 e. The van der Waals surface area contributed by atoms with Crippen LogP contribution in [0.2, 0.25) is 0 Å². The SMILES string of the molecule is CSc1sc(C)cc1[C@H]1C(C#N)=C(N)N(c2cccnc2)C2=C1C(=O)C[C@H](c1ccccc1)C2. The topological polar surface area (TPSA) is 83.0 Å². The van der Waals surface area contributed by atoms with Gasteiger partial charge in [-0.2, -0.15) is 5.26 Å². The molecule has 0 fully saturated rings. The fourth-order valence-corrected chi connectivity index (χ4v) is 6.97. The summed E-state index contributed by atoms with van der Waals surface area (Å²) in [4.78, 5) is 21.2. The maximum absolute atomic E-state index is 13.9. The fraction of sp³-hybridized carbons (Fsp3) is 0.222. The van der Waals surface area contributed by atoms with Crippen molar-refractivity contribution in [2.45, 2.75) is 35.8 Å². The number of carbonyl (C=O) groups is 1. The number of ketones is 1. The Morgan fingerprint density at radius 1 is 1.21 bits per heavy atom. The summed E-state index contributed by atoms with van der Waals surface area (Å²) >= 11 is 3.34. The summed E-state index contributed by atoms with van der Waals surface area (Å²) in [5.41, 5.74) is 11.6. The second kappa shape index (κ2) is 9.13. The van der Waals surface area contributed by atoms with Crippen molar-refractivity contribution in [2.24, 2.45) is 5.73 Å². The second-order valence-electron chi connectivity index (χ2n) is 8.49. The maximum atomic E-state index is 13.9. The number of hydrogen-bond donors (Lipinski definition) is 1. The van der Waals surface area contributed by atoms with E-state index in [1.54, 1.807) is 35.5 Å². The number of hydrogen-bond acceptors (Lipinski definition) is 7. The fourth-order valence-electron chi connectivity index (χ4n) is 5.06. The van der Waals surface area contributed by atoms with Gasteiger partial charge in [-0.05, 0) is 54.8 Å². The summed E-state index contributed by atoms with van der Waals surface area (Å²) < 4.78 is 1.11. The van der Waals surface area contributed by atoms with Crippen molar-refractivity contribution in [1.29, 1.82) is 5.26 Å². The number of aryl methyl sites for hydroxylation is 1. The van der Waals surface area contributed by atoms with Crippen molar-refractivity contribution in [3.63, 3.8) is 0 Å². The summed E-state index contributed by atoms with van der Waals surface area (Å²) in [7, 11) is 0. The van der Waals surface area contributed by atoms with Crippen LogP contribution in [0.3, 0.4) is 0 Å². The van der Waals surface area contributed by atoms with E-state index in [0.29, 0.717) is 29.8 Å². The third-order valence-corrected chi connectivity index (χ3v) is 8.70. The van der Waals surface area contributed by atoms with Gasteiger partial charge in [0.1, 0.15) is 5.82 Å². The van der Waals surface area contributed by atoms with E-state index < -0.39 is 5.92 Å². The third kappa shape index (κ3) is 3.73. The molecule has 0 bridgehead atoms. The first-order valence-electron chi connectivity index (χ1n) is 11.1. The summed E-state index contributed by atoms with van der Waals surface area (Å²) in [6, 6.07) is 18.4. The Morgan fingerprint density at radius 2 is 2.00 bits per heavy atom. The Hall–Kier alpha value is -3.34. The van der Waals surface area contributed by atoms with Crippen LogP contribution in [0.1, 0.15) is 40.7 Å². The van der Waals surface area contributed by atoms with Crippen LogP contribution in [0.5, 0.6) is 0 Å². The molecule has 5 rings (SSSR count). The van der Waals surface area contributed by atoms with Gasteiger partial charge in [-0.25, -0.2) is 0 Å². The van der Waals surface area contributed by atoms with Crippen molar-refractivity contribution in [2.75, 3.05) is 11.2 Å². The first kappa shape index (κ1) is 22.5. The number of thiophene rings is 1. The Labute approximate surface area is 207 Å². The van der Waals surface area contributed by atoms with Gasteiger partial charge in [0.15, 0.2) is 5.78 Å². The van der Waals surface area contributed by atoms with Crippen LogP contribution in [-0.4, -0.2) is 17.0 Å². The Morgan fingerprint density at radius 3 is 2.68 bits per heavy atom. The molecule has 2 aromatic heterocycles. The highest BCUT2D eigenvalue weighted by atomic mass is 32.2. The number of anilines is 1. The van der Waals surface area contributed by atoms with E-state index >= 15 is 0 Å². The standard InChI is InChI=1S/C27H24N4OS2/c1-16-11-20(27(33-2)34-16)24-21(14-28)26(29)31(19-9-6-10-30-15-19)22-12-18(13-23(32)25(22)24)17-7-4-3-5-8-17/h3-11,15,18,24H,12-13,29H2,1-2H3/t18-,24+/m1/s1. The lowest BCUT2D eigenvalue weighted by Gasteiger charge is -2.41. The normalized spacial score (nSPS) is 20.4. The minimum atomic E-state index is -0.454. The van der Waals surface area contributed by atoms with Gasteiger partial charge in [0.25, 0.3) is 0 Å². The lowest BCUT2D eigenvalue weighted by molar-refractivity contribution is -0.116. The Bertz CT molecular complexity index is 1350. The van der Waals surface area contributed by atoms with E-state index in [4.69, 9.17) is 5.73 Å². The number of aromatic nitrogens is 1. The molecule has 2 aliphatic rings. The van der Waals surface area contributed by atoms with E-state index in [1.165, 1.54) is 0 Å². The molecule has 34 heavy (non-hydrogen) atoms. The molecular weight excluding hydrogens is 460 g/mol. The number of nitrogens with two attached hydrogens (primary N) is 1. The van der Waals surface area contributed by atoms with Crippen molar-refractivity contribution >= 4 is 34.6 Å². The summed E-state index contributed by atoms with van der Waals surface area (Å²) in [6.45, 7) is 2.06. The number of nitrogens with zero attached hydrogens (tertiary/aromatic N) is 3. The molecular formula is C27H24N4OS2. The van der Waals surface area contributed by atoms with Gasteiger partial charge in [-0.1, -0.05) is 30.3 Å². The third-order valence-electron chi connectivity index (χ3n) is 6.49. The molecule has 3 heterocycles. The van der Waals surface area contributed by atoms with Gasteiger partial charge in [-0.3, -0.25) is 14.7 Å².